The molecular formula is C60H75ClN2O2. The van der Waals surface area contributed by atoms with E-state index in [1.54, 1.807) is 0 Å². The van der Waals surface area contributed by atoms with Gasteiger partial charge >= 0.3 is 0 Å². The summed E-state index contributed by atoms with van der Waals surface area (Å²) in [6.07, 6.45) is 6.05. The number of halogens is 1. The van der Waals surface area contributed by atoms with Gasteiger partial charge in [0.25, 0.3) is 0 Å². The number of nitrogens with one attached hydrogen (secondary N) is 1. The third-order valence-corrected chi connectivity index (χ3v) is 13.9. The lowest BCUT2D eigenvalue weighted by atomic mass is 9.72. The van der Waals surface area contributed by atoms with E-state index in [1.165, 1.54) is 22.3 Å². The average molecular weight is 892 g/mol. The molecule has 0 unspecified atom stereocenters. The van der Waals surface area contributed by atoms with E-state index in [9.17, 15) is 10.2 Å². The van der Waals surface area contributed by atoms with Gasteiger partial charge in [-0.15, -0.1) is 11.6 Å². The highest BCUT2D eigenvalue weighted by Gasteiger charge is 2.42. The number of nitrogens with zero attached hydrogens (tertiary/aromatic N) is 1. The number of piperidine rings is 2. The van der Waals surface area contributed by atoms with E-state index in [0.717, 1.165) is 93.5 Å². The minimum atomic E-state index is -0.933. The summed E-state index contributed by atoms with van der Waals surface area (Å²) >= 11 is 5.67. The number of benzene rings is 6. The molecule has 344 valence electrons. The highest BCUT2D eigenvalue weighted by atomic mass is 35.5. The summed E-state index contributed by atoms with van der Waals surface area (Å²) in [4.78, 5) is 2.56. The van der Waals surface area contributed by atoms with Gasteiger partial charge in [-0.2, -0.15) is 0 Å². The van der Waals surface area contributed by atoms with Crippen molar-refractivity contribution in [3.8, 4) is 0 Å². The van der Waals surface area contributed by atoms with Gasteiger partial charge in [-0.25, -0.2) is 0 Å². The number of hydrogen-bond donors (Lipinski definition) is 3. The Morgan fingerprint density at radius 3 is 1.09 bits per heavy atom. The Hall–Kier alpha value is -4.55. The van der Waals surface area contributed by atoms with Crippen LogP contribution in [0.25, 0.3) is 0 Å². The van der Waals surface area contributed by atoms with E-state index in [0.29, 0.717) is 5.88 Å². The molecule has 4 nitrogen and oxygen atoms in total. The van der Waals surface area contributed by atoms with Crippen LogP contribution < -0.4 is 5.32 Å². The van der Waals surface area contributed by atoms with Gasteiger partial charge in [0.05, 0.1) is 0 Å². The van der Waals surface area contributed by atoms with Gasteiger partial charge in [0.2, 0.25) is 0 Å². The molecule has 2 saturated heterocycles. The van der Waals surface area contributed by atoms with Gasteiger partial charge in [0.15, 0.2) is 0 Å². The van der Waals surface area contributed by atoms with Crippen LogP contribution in [0.5, 0.6) is 0 Å². The molecule has 0 amide bonds. The molecule has 0 atom stereocenters. The number of aliphatic hydroxyl groups is 2. The standard InChI is InChI=1S/C30H37NO.C18H21NO.C12H17Cl/c1-29(2,3)25-16-14-24(15-17-25)18-21-31-22-19-28(20-23-31)30(32,26-10-6-4-7-11-26)27-12-8-5-9-13-27;20-18(15-7-3-1-4-8-15,16-9-5-2-6-10-16)17-11-13-19-14-12-17;1-12(2,3)11-6-4-10(5-7-11)8-9-13/h4-17,28,32H,18-23H2,1-3H3;1-10,17,19-20H,11-14H2;4-7H,8-9H2,1-3H3. The molecule has 3 N–H and O–H groups in total. The predicted molar refractivity (Wildman–Crippen MR) is 275 cm³/mol. The van der Waals surface area contributed by atoms with Crippen LogP contribution in [0, 0.1) is 11.8 Å². The third kappa shape index (κ3) is 13.3. The van der Waals surface area contributed by atoms with Crippen LogP contribution in [0.3, 0.4) is 0 Å². The maximum Gasteiger partial charge on any atom is 0.117 e. The SMILES string of the molecule is CC(C)(C)c1ccc(CCCl)cc1.CC(C)(C)c1ccc(CCN2CCC(C(O)(c3ccccc3)c3ccccc3)CC2)cc1.OC(c1ccccc1)(c1ccccc1)C1CCNCC1. The fourth-order valence-corrected chi connectivity index (χ4v) is 9.82. The lowest BCUT2D eigenvalue weighted by Gasteiger charge is -2.42. The minimum absolute atomic E-state index is 0.203. The second kappa shape index (κ2) is 23.3. The second-order valence-corrected chi connectivity index (χ2v) is 20.6. The van der Waals surface area contributed by atoms with Gasteiger partial charge in [0.1, 0.15) is 11.2 Å². The Morgan fingerprint density at radius 2 is 0.769 bits per heavy atom. The van der Waals surface area contributed by atoms with Gasteiger partial charge in [0, 0.05) is 12.4 Å². The number of hydrogen-bond acceptors (Lipinski definition) is 4. The molecule has 0 spiro atoms. The number of likely N-dealkylation sites (tertiary alicyclic amines) is 1. The number of aryl methyl sites for hydroxylation is 1. The molecule has 2 heterocycles. The zero-order valence-electron chi connectivity index (χ0n) is 40.0. The first-order valence-electron chi connectivity index (χ1n) is 24.1. The van der Waals surface area contributed by atoms with Crippen LogP contribution >= 0.6 is 11.6 Å². The molecule has 65 heavy (non-hydrogen) atoms. The van der Waals surface area contributed by atoms with Crippen molar-refractivity contribution in [3.63, 3.8) is 0 Å². The third-order valence-electron chi connectivity index (χ3n) is 13.7. The predicted octanol–water partition coefficient (Wildman–Crippen LogP) is 12.9. The summed E-state index contributed by atoms with van der Waals surface area (Å²) in [5, 5.41) is 27.0. The van der Waals surface area contributed by atoms with Crippen LogP contribution in [-0.4, -0.2) is 53.7 Å². The summed E-state index contributed by atoms with van der Waals surface area (Å²) < 4.78 is 0. The Labute approximate surface area is 397 Å². The summed E-state index contributed by atoms with van der Waals surface area (Å²) in [5.41, 5.74) is 8.14. The second-order valence-electron chi connectivity index (χ2n) is 20.2. The van der Waals surface area contributed by atoms with Gasteiger partial charge in [-0.3, -0.25) is 0 Å². The Bertz CT molecular complexity index is 2160. The molecule has 0 radical (unpaired) electrons. The molecule has 0 aliphatic carbocycles. The summed E-state index contributed by atoms with van der Waals surface area (Å²) in [6, 6.07) is 58.5. The Balaban J connectivity index is 0.000000180. The van der Waals surface area contributed by atoms with Gasteiger partial charge < -0.3 is 20.4 Å². The molecule has 0 saturated carbocycles. The van der Waals surface area contributed by atoms with Crippen LogP contribution in [0.15, 0.2) is 170 Å². The van der Waals surface area contributed by atoms with E-state index >= 15 is 0 Å². The highest BCUT2D eigenvalue weighted by molar-refractivity contribution is 6.18. The maximum atomic E-state index is 12.0. The number of rotatable bonds is 11. The molecule has 6 aromatic carbocycles. The topological polar surface area (TPSA) is 55.7 Å². The monoisotopic (exact) mass is 891 g/mol. The van der Waals surface area contributed by atoms with Crippen molar-refractivity contribution in [2.45, 2.75) is 102 Å². The normalized spacial score (nSPS) is 15.6. The molecule has 2 aliphatic rings. The van der Waals surface area contributed by atoms with E-state index < -0.39 is 11.2 Å². The van der Waals surface area contributed by atoms with Crippen LogP contribution in [0.2, 0.25) is 0 Å². The van der Waals surface area contributed by atoms with Crippen molar-refractivity contribution in [2.24, 2.45) is 11.8 Å². The zero-order valence-corrected chi connectivity index (χ0v) is 40.8. The first-order valence-corrected chi connectivity index (χ1v) is 24.6. The van der Waals surface area contributed by atoms with E-state index in [-0.39, 0.29) is 22.7 Å². The fourth-order valence-electron chi connectivity index (χ4n) is 9.60. The van der Waals surface area contributed by atoms with Crippen molar-refractivity contribution in [3.05, 3.63) is 214 Å². The van der Waals surface area contributed by atoms with Crippen molar-refractivity contribution in [1.29, 1.82) is 0 Å². The van der Waals surface area contributed by atoms with E-state index in [1.807, 2.05) is 97.1 Å². The molecule has 0 bridgehead atoms. The summed E-state index contributed by atoms with van der Waals surface area (Å²) in [7, 11) is 0. The maximum absolute atomic E-state index is 12.0. The van der Waals surface area contributed by atoms with Crippen LogP contribution in [0.1, 0.15) is 112 Å². The zero-order chi connectivity index (χ0) is 46.3. The molecule has 5 heteroatoms. The molecule has 0 aromatic heterocycles. The number of alkyl halides is 1. The molecule has 2 fully saturated rings. The van der Waals surface area contributed by atoms with Gasteiger partial charge in [-0.05, 0) is 132 Å². The lowest BCUT2D eigenvalue weighted by molar-refractivity contribution is -0.0140. The molecule has 2 aliphatic heterocycles. The molecular weight excluding hydrogens is 816 g/mol. The largest absolute Gasteiger partial charge is 0.380 e. The van der Waals surface area contributed by atoms with Crippen molar-refractivity contribution in [1.82, 2.24) is 10.2 Å². The lowest BCUT2D eigenvalue weighted by Crippen LogP contribution is -2.44. The highest BCUT2D eigenvalue weighted by Crippen LogP contribution is 2.43. The minimum Gasteiger partial charge on any atom is -0.380 e. The smallest absolute Gasteiger partial charge is 0.117 e. The summed E-state index contributed by atoms with van der Waals surface area (Å²) in [6.45, 7) is 18.6. The van der Waals surface area contributed by atoms with Crippen LogP contribution in [-0.2, 0) is 34.9 Å². The molecule has 6 aromatic rings. The molecule has 8 rings (SSSR count). The van der Waals surface area contributed by atoms with Crippen molar-refractivity contribution in [2.75, 3.05) is 38.6 Å². The van der Waals surface area contributed by atoms with Crippen molar-refractivity contribution >= 4 is 11.6 Å². The van der Waals surface area contributed by atoms with Crippen molar-refractivity contribution < 1.29 is 10.2 Å². The Kier molecular flexibility index (Phi) is 17.8. The first kappa shape index (κ1) is 49.9. The quantitative estimate of drug-likeness (QED) is 0.113. The van der Waals surface area contributed by atoms with Gasteiger partial charge in [-0.1, -0.05) is 211 Å². The van der Waals surface area contributed by atoms with E-state index in [4.69, 9.17) is 11.6 Å². The summed E-state index contributed by atoms with van der Waals surface area (Å²) in [5.74, 6) is 1.18. The average Bonchev–Trinajstić information content (AvgIpc) is 3.34. The van der Waals surface area contributed by atoms with E-state index in [2.05, 4.69) is 125 Å². The fraction of sp³-hybridized carbons (Fsp3) is 0.400. The first-order chi connectivity index (χ1) is 31.2. The van der Waals surface area contributed by atoms with Crippen LogP contribution in [0.4, 0.5) is 0 Å². The Morgan fingerprint density at radius 1 is 0.446 bits per heavy atom.